The third-order valence-corrected chi connectivity index (χ3v) is 6.27. The second kappa shape index (κ2) is 4.76. The number of likely N-dealkylation sites (tertiary alicyclic amines) is 1. The molecule has 0 aromatic rings. The molecule has 0 bridgehead atoms. The summed E-state index contributed by atoms with van der Waals surface area (Å²) >= 11 is 0. The lowest BCUT2D eigenvalue weighted by Crippen LogP contribution is -2.34. The summed E-state index contributed by atoms with van der Waals surface area (Å²) in [6, 6.07) is 0. The van der Waals surface area contributed by atoms with Crippen molar-refractivity contribution in [1.29, 1.82) is 0 Å². The molecular weight excluding hydrogens is 236 g/mol. The van der Waals surface area contributed by atoms with E-state index in [-0.39, 0.29) is 0 Å². The van der Waals surface area contributed by atoms with Crippen molar-refractivity contribution in [2.75, 3.05) is 26.2 Å². The molecule has 19 heavy (non-hydrogen) atoms. The Kier molecular flexibility index (Phi) is 3.06. The number of carbonyl (C=O) groups excluding carboxylic acids is 1. The van der Waals surface area contributed by atoms with Gasteiger partial charge < -0.3 is 10.2 Å². The van der Waals surface area contributed by atoms with Crippen LogP contribution in [0.15, 0.2) is 0 Å². The summed E-state index contributed by atoms with van der Waals surface area (Å²) in [5.41, 5.74) is 0. The van der Waals surface area contributed by atoms with Crippen LogP contribution < -0.4 is 5.32 Å². The average molecular weight is 262 g/mol. The van der Waals surface area contributed by atoms with E-state index in [1.54, 1.807) is 0 Å². The van der Waals surface area contributed by atoms with Gasteiger partial charge in [-0.3, -0.25) is 4.79 Å². The van der Waals surface area contributed by atoms with Crippen LogP contribution in [0.25, 0.3) is 0 Å². The van der Waals surface area contributed by atoms with Crippen LogP contribution in [-0.2, 0) is 4.79 Å². The number of hydrogen-bond donors (Lipinski definition) is 1. The molecule has 0 aromatic carbocycles. The summed E-state index contributed by atoms with van der Waals surface area (Å²) in [5, 5.41) is 3.51. The Bertz CT molecular complexity index is 344. The summed E-state index contributed by atoms with van der Waals surface area (Å²) in [4.78, 5) is 14.9. The Hall–Kier alpha value is -0.570. The van der Waals surface area contributed by atoms with Gasteiger partial charge in [0.15, 0.2) is 0 Å². The molecule has 4 rings (SSSR count). The van der Waals surface area contributed by atoms with E-state index >= 15 is 0 Å². The predicted octanol–water partition coefficient (Wildman–Crippen LogP) is 1.88. The van der Waals surface area contributed by atoms with E-state index in [4.69, 9.17) is 0 Å². The molecule has 0 aromatic heterocycles. The first-order chi connectivity index (χ1) is 9.34. The number of rotatable bonds is 1. The monoisotopic (exact) mass is 262 g/mol. The zero-order valence-electron chi connectivity index (χ0n) is 11.8. The maximum absolute atomic E-state index is 12.7. The van der Waals surface area contributed by atoms with Crippen LogP contribution in [0.5, 0.6) is 0 Å². The minimum atomic E-state index is 0.429. The van der Waals surface area contributed by atoms with Crippen molar-refractivity contribution in [3.8, 4) is 0 Å². The molecule has 3 nitrogen and oxygen atoms in total. The first kappa shape index (κ1) is 12.2. The normalized spacial score (nSPS) is 45.3. The second-order valence-corrected chi connectivity index (χ2v) is 7.22. The lowest BCUT2D eigenvalue weighted by Gasteiger charge is -2.21. The van der Waals surface area contributed by atoms with Gasteiger partial charge in [0.2, 0.25) is 5.91 Å². The highest BCUT2D eigenvalue weighted by Crippen LogP contribution is 2.56. The van der Waals surface area contributed by atoms with Gasteiger partial charge >= 0.3 is 0 Å². The first-order valence-corrected chi connectivity index (χ1v) is 8.34. The summed E-state index contributed by atoms with van der Waals surface area (Å²) in [6.07, 6.45) is 7.83. The minimum absolute atomic E-state index is 0.429. The Labute approximate surface area is 116 Å². The van der Waals surface area contributed by atoms with E-state index < -0.39 is 0 Å². The van der Waals surface area contributed by atoms with E-state index in [9.17, 15) is 4.79 Å². The molecule has 4 aliphatic rings. The Morgan fingerprint density at radius 3 is 2.05 bits per heavy atom. The molecule has 106 valence electrons. The number of amides is 1. The van der Waals surface area contributed by atoms with Crippen molar-refractivity contribution in [2.45, 2.75) is 38.5 Å². The van der Waals surface area contributed by atoms with Crippen LogP contribution in [0.1, 0.15) is 38.5 Å². The van der Waals surface area contributed by atoms with Crippen molar-refractivity contribution in [3.63, 3.8) is 0 Å². The van der Waals surface area contributed by atoms with Gasteiger partial charge in [-0.05, 0) is 62.4 Å². The van der Waals surface area contributed by atoms with Crippen molar-refractivity contribution in [1.82, 2.24) is 10.2 Å². The molecule has 0 radical (unpaired) electrons. The molecule has 1 N–H and O–H groups in total. The van der Waals surface area contributed by atoms with Crippen LogP contribution in [-0.4, -0.2) is 37.0 Å². The third kappa shape index (κ3) is 2.10. The first-order valence-electron chi connectivity index (χ1n) is 8.34. The maximum atomic E-state index is 12.7. The van der Waals surface area contributed by atoms with Crippen molar-refractivity contribution in [3.05, 3.63) is 0 Å². The number of fused-ring (bicyclic) bond motifs is 2. The average Bonchev–Trinajstić information content (AvgIpc) is 3.07. The second-order valence-electron chi connectivity index (χ2n) is 7.22. The summed E-state index contributed by atoms with van der Waals surface area (Å²) < 4.78 is 0. The number of carbonyl (C=O) groups is 1. The van der Waals surface area contributed by atoms with Gasteiger partial charge in [-0.25, -0.2) is 0 Å². The fourth-order valence-corrected chi connectivity index (χ4v) is 5.01. The molecule has 2 saturated heterocycles. The summed E-state index contributed by atoms with van der Waals surface area (Å²) in [7, 11) is 0. The van der Waals surface area contributed by atoms with E-state index in [1.165, 1.54) is 51.6 Å². The van der Waals surface area contributed by atoms with Crippen LogP contribution >= 0.6 is 0 Å². The molecule has 0 spiro atoms. The fourth-order valence-electron chi connectivity index (χ4n) is 5.01. The minimum Gasteiger partial charge on any atom is -0.342 e. The van der Waals surface area contributed by atoms with E-state index in [0.717, 1.165) is 36.8 Å². The lowest BCUT2D eigenvalue weighted by atomic mass is 9.92. The van der Waals surface area contributed by atoms with Crippen LogP contribution in [0.4, 0.5) is 0 Å². The topological polar surface area (TPSA) is 32.3 Å². The number of nitrogens with zero attached hydrogens (tertiary/aromatic N) is 1. The quantitative estimate of drug-likeness (QED) is 0.782. The molecule has 2 heterocycles. The molecule has 3 heteroatoms. The zero-order chi connectivity index (χ0) is 12.8. The number of nitrogens with one attached hydrogen (secondary N) is 1. The van der Waals surface area contributed by atoms with Gasteiger partial charge in [0, 0.05) is 19.0 Å². The molecule has 2 saturated carbocycles. The van der Waals surface area contributed by atoms with E-state index in [0.29, 0.717) is 11.8 Å². The van der Waals surface area contributed by atoms with Crippen molar-refractivity contribution >= 4 is 5.91 Å². The van der Waals surface area contributed by atoms with Gasteiger partial charge in [-0.2, -0.15) is 0 Å². The number of hydrogen-bond acceptors (Lipinski definition) is 2. The highest BCUT2D eigenvalue weighted by molar-refractivity contribution is 5.82. The summed E-state index contributed by atoms with van der Waals surface area (Å²) in [5.74, 6) is 4.15. The van der Waals surface area contributed by atoms with Gasteiger partial charge in [0.25, 0.3) is 0 Å². The molecule has 4 atom stereocenters. The summed E-state index contributed by atoms with van der Waals surface area (Å²) in [6.45, 7) is 4.41. The zero-order valence-corrected chi connectivity index (χ0v) is 11.8. The van der Waals surface area contributed by atoms with Gasteiger partial charge in [-0.15, -0.1) is 0 Å². The molecule has 2 unspecified atom stereocenters. The molecule has 4 fully saturated rings. The molecular formula is C16H26N2O. The van der Waals surface area contributed by atoms with Crippen LogP contribution in [0.2, 0.25) is 0 Å². The maximum Gasteiger partial charge on any atom is 0.226 e. The third-order valence-electron chi connectivity index (χ3n) is 6.27. The van der Waals surface area contributed by atoms with E-state index in [2.05, 4.69) is 10.2 Å². The van der Waals surface area contributed by atoms with Crippen LogP contribution in [0.3, 0.4) is 0 Å². The highest BCUT2D eigenvalue weighted by atomic mass is 16.2. The van der Waals surface area contributed by atoms with Gasteiger partial charge in [-0.1, -0.05) is 12.8 Å². The molecule has 2 aliphatic heterocycles. The Morgan fingerprint density at radius 2 is 1.47 bits per heavy atom. The largest absolute Gasteiger partial charge is 0.342 e. The molecule has 2 aliphatic carbocycles. The van der Waals surface area contributed by atoms with Crippen LogP contribution in [0, 0.1) is 29.6 Å². The fraction of sp³-hybridized carbons (Fsp3) is 0.938. The van der Waals surface area contributed by atoms with Crippen molar-refractivity contribution in [2.24, 2.45) is 29.6 Å². The Balaban J connectivity index is 1.38. The SMILES string of the molecule is O=C(C1C2CCCCC21)N1CC[C@@H]2CNC[C@@H]2CC1. The lowest BCUT2D eigenvalue weighted by molar-refractivity contribution is -0.133. The predicted molar refractivity (Wildman–Crippen MR) is 74.6 cm³/mol. The van der Waals surface area contributed by atoms with Crippen molar-refractivity contribution < 1.29 is 4.79 Å². The van der Waals surface area contributed by atoms with Gasteiger partial charge in [0.05, 0.1) is 0 Å². The van der Waals surface area contributed by atoms with Gasteiger partial charge in [0.1, 0.15) is 0 Å². The standard InChI is InChI=1S/C16H26N2O/c19-16(15-13-3-1-2-4-14(13)15)18-7-5-11-9-17-10-12(11)6-8-18/h11-15,17H,1-10H2/t11-,12+,13?,14?,15?. The smallest absolute Gasteiger partial charge is 0.226 e. The molecule has 1 amide bonds. The highest BCUT2D eigenvalue weighted by Gasteiger charge is 2.55. The van der Waals surface area contributed by atoms with E-state index in [1.807, 2.05) is 0 Å². The Morgan fingerprint density at radius 1 is 0.895 bits per heavy atom.